The van der Waals surface area contributed by atoms with E-state index < -0.39 is 6.10 Å². The molecule has 2 heterocycles. The van der Waals surface area contributed by atoms with Gasteiger partial charge in [0.2, 0.25) is 0 Å². The molecule has 0 saturated carbocycles. The number of piperidine rings is 1. The van der Waals surface area contributed by atoms with Gasteiger partial charge in [0.15, 0.2) is 5.13 Å². The fraction of sp³-hybridized carbons (Fsp3) is 0.700. The van der Waals surface area contributed by atoms with Crippen molar-refractivity contribution in [2.75, 3.05) is 24.5 Å². The minimum absolute atomic E-state index is 0.239. The van der Waals surface area contributed by atoms with Crippen LogP contribution in [0.15, 0.2) is 5.38 Å². The smallest absolute Gasteiger partial charge is 0.185 e. The van der Waals surface area contributed by atoms with E-state index in [9.17, 15) is 5.11 Å². The van der Waals surface area contributed by atoms with Gasteiger partial charge in [-0.25, -0.2) is 4.98 Å². The van der Waals surface area contributed by atoms with Gasteiger partial charge in [-0.05, 0) is 19.3 Å². The first-order valence-corrected chi connectivity index (χ1v) is 6.27. The van der Waals surface area contributed by atoms with Crippen LogP contribution in [0.1, 0.15) is 31.1 Å². The Hall–Kier alpha value is -0.650. The molecule has 0 radical (unpaired) electrons. The maximum atomic E-state index is 9.54. The monoisotopic (exact) mass is 227 g/mol. The maximum absolute atomic E-state index is 9.54. The lowest BCUT2D eigenvalue weighted by Crippen LogP contribution is -2.29. The van der Waals surface area contributed by atoms with Gasteiger partial charge in [-0.1, -0.05) is 0 Å². The number of rotatable bonds is 3. The van der Waals surface area contributed by atoms with Crippen LogP contribution in [0.3, 0.4) is 0 Å². The Balaban J connectivity index is 2.05. The molecule has 0 aliphatic carbocycles. The lowest BCUT2D eigenvalue weighted by molar-refractivity contribution is 0.182. The number of aliphatic hydroxyl groups excluding tert-OH is 1. The van der Waals surface area contributed by atoms with Crippen LogP contribution in [0.25, 0.3) is 0 Å². The molecule has 1 fully saturated rings. The zero-order chi connectivity index (χ0) is 10.7. The van der Waals surface area contributed by atoms with E-state index in [1.807, 2.05) is 5.38 Å². The fourth-order valence-electron chi connectivity index (χ4n) is 1.78. The van der Waals surface area contributed by atoms with Crippen molar-refractivity contribution in [1.29, 1.82) is 0 Å². The molecule has 1 atom stereocenters. The van der Waals surface area contributed by atoms with E-state index in [-0.39, 0.29) is 6.54 Å². The molecule has 1 aliphatic rings. The van der Waals surface area contributed by atoms with Gasteiger partial charge in [-0.2, -0.15) is 0 Å². The van der Waals surface area contributed by atoms with Gasteiger partial charge in [-0.3, -0.25) is 0 Å². The molecule has 0 aromatic carbocycles. The van der Waals surface area contributed by atoms with E-state index in [4.69, 9.17) is 5.73 Å². The summed E-state index contributed by atoms with van der Waals surface area (Å²) >= 11 is 1.60. The Kier molecular flexibility index (Phi) is 3.56. The van der Waals surface area contributed by atoms with Gasteiger partial charge in [-0.15, -0.1) is 11.3 Å². The average Bonchev–Trinajstić information content (AvgIpc) is 2.78. The van der Waals surface area contributed by atoms with E-state index in [2.05, 4.69) is 9.88 Å². The van der Waals surface area contributed by atoms with Crippen LogP contribution >= 0.6 is 11.3 Å². The van der Waals surface area contributed by atoms with Gasteiger partial charge in [0.05, 0.1) is 5.69 Å². The van der Waals surface area contributed by atoms with E-state index in [0.717, 1.165) is 18.2 Å². The Labute approximate surface area is 93.7 Å². The molecular formula is C10H17N3OS. The van der Waals surface area contributed by atoms with Crippen molar-refractivity contribution in [3.63, 3.8) is 0 Å². The van der Waals surface area contributed by atoms with Crippen molar-refractivity contribution in [1.82, 2.24) is 4.98 Å². The fourth-order valence-corrected chi connectivity index (χ4v) is 2.71. The highest BCUT2D eigenvalue weighted by atomic mass is 32.1. The molecule has 0 spiro atoms. The maximum Gasteiger partial charge on any atom is 0.185 e. The highest BCUT2D eigenvalue weighted by Crippen LogP contribution is 2.26. The third kappa shape index (κ3) is 2.48. The molecule has 1 aliphatic heterocycles. The lowest BCUT2D eigenvalue weighted by atomic mass is 10.1. The summed E-state index contributed by atoms with van der Waals surface area (Å²) in [6.45, 7) is 2.42. The molecule has 5 heteroatoms. The topological polar surface area (TPSA) is 62.4 Å². The molecule has 84 valence electrons. The lowest BCUT2D eigenvalue weighted by Gasteiger charge is -2.25. The molecule has 1 aromatic heterocycles. The standard InChI is InChI=1S/C10H17N3OS/c11-6-9(14)8-7-15-10(12-8)13-4-2-1-3-5-13/h7,9,14H,1-6,11H2. The summed E-state index contributed by atoms with van der Waals surface area (Å²) in [6.07, 6.45) is 3.20. The van der Waals surface area contributed by atoms with Crippen molar-refractivity contribution < 1.29 is 5.11 Å². The second-order valence-corrected chi connectivity index (χ2v) is 4.69. The Morgan fingerprint density at radius 1 is 1.47 bits per heavy atom. The number of nitrogens with two attached hydrogens (primary N) is 1. The van der Waals surface area contributed by atoms with Crippen molar-refractivity contribution in [2.24, 2.45) is 5.73 Å². The minimum Gasteiger partial charge on any atom is -0.385 e. The third-order valence-corrected chi connectivity index (χ3v) is 3.62. The third-order valence-electron chi connectivity index (χ3n) is 2.70. The second-order valence-electron chi connectivity index (χ2n) is 3.85. The molecule has 4 nitrogen and oxygen atoms in total. The highest BCUT2D eigenvalue weighted by molar-refractivity contribution is 7.13. The molecule has 15 heavy (non-hydrogen) atoms. The first kappa shape index (κ1) is 10.9. The van der Waals surface area contributed by atoms with Crippen LogP contribution in [-0.4, -0.2) is 29.7 Å². The van der Waals surface area contributed by atoms with Gasteiger partial charge in [0.25, 0.3) is 0 Å². The molecule has 1 unspecified atom stereocenters. The second kappa shape index (κ2) is 4.92. The zero-order valence-corrected chi connectivity index (χ0v) is 9.54. The number of aromatic nitrogens is 1. The molecule has 0 amide bonds. The molecule has 1 aromatic rings. The van der Waals surface area contributed by atoms with E-state index in [0.29, 0.717) is 5.69 Å². The Bertz CT molecular complexity index is 309. The number of hydrogen-bond acceptors (Lipinski definition) is 5. The van der Waals surface area contributed by atoms with Crippen molar-refractivity contribution in [3.05, 3.63) is 11.1 Å². The van der Waals surface area contributed by atoms with Crippen molar-refractivity contribution >= 4 is 16.5 Å². The zero-order valence-electron chi connectivity index (χ0n) is 8.72. The molecule has 0 bridgehead atoms. The van der Waals surface area contributed by atoms with E-state index in [1.165, 1.54) is 19.3 Å². The molecule has 3 N–H and O–H groups in total. The van der Waals surface area contributed by atoms with Crippen LogP contribution in [0.4, 0.5) is 5.13 Å². The quantitative estimate of drug-likeness (QED) is 0.812. The van der Waals surface area contributed by atoms with Crippen molar-refractivity contribution in [2.45, 2.75) is 25.4 Å². The van der Waals surface area contributed by atoms with E-state index in [1.54, 1.807) is 11.3 Å². The van der Waals surface area contributed by atoms with Crippen LogP contribution in [0.2, 0.25) is 0 Å². The first-order chi connectivity index (χ1) is 7.31. The number of thiazole rings is 1. The first-order valence-electron chi connectivity index (χ1n) is 5.40. The summed E-state index contributed by atoms with van der Waals surface area (Å²) in [7, 11) is 0. The van der Waals surface area contributed by atoms with Gasteiger partial charge < -0.3 is 15.7 Å². The summed E-state index contributed by atoms with van der Waals surface area (Å²) in [5, 5.41) is 12.5. The van der Waals surface area contributed by atoms with Gasteiger partial charge in [0.1, 0.15) is 6.10 Å². The Morgan fingerprint density at radius 3 is 2.87 bits per heavy atom. The SMILES string of the molecule is NCC(O)c1csc(N2CCCCC2)n1. The predicted octanol–water partition coefficient (Wildman–Crippen LogP) is 1.13. The van der Waals surface area contributed by atoms with E-state index >= 15 is 0 Å². The summed E-state index contributed by atoms with van der Waals surface area (Å²) in [6, 6.07) is 0. The average molecular weight is 227 g/mol. The van der Waals surface area contributed by atoms with Crippen LogP contribution in [-0.2, 0) is 0 Å². The molecule has 2 rings (SSSR count). The minimum atomic E-state index is -0.611. The van der Waals surface area contributed by atoms with Gasteiger partial charge in [0, 0.05) is 25.0 Å². The number of nitrogens with zero attached hydrogens (tertiary/aromatic N) is 2. The van der Waals surface area contributed by atoms with Crippen LogP contribution < -0.4 is 10.6 Å². The van der Waals surface area contributed by atoms with Crippen LogP contribution in [0, 0.1) is 0 Å². The van der Waals surface area contributed by atoms with Crippen molar-refractivity contribution in [3.8, 4) is 0 Å². The number of anilines is 1. The van der Waals surface area contributed by atoms with Crippen LogP contribution in [0.5, 0.6) is 0 Å². The summed E-state index contributed by atoms with van der Waals surface area (Å²) < 4.78 is 0. The highest BCUT2D eigenvalue weighted by Gasteiger charge is 2.16. The number of aliphatic hydroxyl groups is 1. The summed E-state index contributed by atoms with van der Waals surface area (Å²) in [5.41, 5.74) is 6.10. The normalized spacial score (nSPS) is 19.2. The summed E-state index contributed by atoms with van der Waals surface area (Å²) in [4.78, 5) is 6.71. The summed E-state index contributed by atoms with van der Waals surface area (Å²) in [5.74, 6) is 0. The molecular weight excluding hydrogens is 210 g/mol. The molecule has 1 saturated heterocycles. The predicted molar refractivity (Wildman–Crippen MR) is 62.2 cm³/mol. The Morgan fingerprint density at radius 2 is 2.20 bits per heavy atom. The number of hydrogen-bond donors (Lipinski definition) is 2. The largest absolute Gasteiger partial charge is 0.385 e. The van der Waals surface area contributed by atoms with Gasteiger partial charge >= 0.3 is 0 Å².